The van der Waals surface area contributed by atoms with Crippen molar-refractivity contribution in [3.8, 4) is 17.2 Å². The molecule has 1 aliphatic heterocycles. The molecule has 7 heteroatoms. The second kappa shape index (κ2) is 7.93. The summed E-state index contributed by atoms with van der Waals surface area (Å²) in [5.41, 5.74) is 4.03. The molecule has 7 nitrogen and oxygen atoms in total. The van der Waals surface area contributed by atoms with Crippen molar-refractivity contribution in [2.75, 3.05) is 26.2 Å². The van der Waals surface area contributed by atoms with Gasteiger partial charge in [-0.15, -0.1) is 0 Å². The van der Waals surface area contributed by atoms with E-state index in [2.05, 4.69) is 24.2 Å². The molecule has 0 fully saturated rings. The van der Waals surface area contributed by atoms with E-state index in [9.17, 15) is 4.79 Å². The Morgan fingerprint density at radius 3 is 2.34 bits per heavy atom. The van der Waals surface area contributed by atoms with Crippen molar-refractivity contribution in [2.24, 2.45) is 0 Å². The third kappa shape index (κ3) is 4.46. The van der Waals surface area contributed by atoms with Gasteiger partial charge in [0, 0.05) is 44.8 Å². The van der Waals surface area contributed by atoms with Crippen molar-refractivity contribution in [3.05, 3.63) is 48.0 Å². The number of methoxy groups -OCH3 is 1. The smallest absolute Gasteiger partial charge is 0.345 e. The maximum absolute atomic E-state index is 11.8. The predicted octanol–water partition coefficient (Wildman–Crippen LogP) is 4.61. The van der Waals surface area contributed by atoms with Crippen LogP contribution in [0.5, 0.6) is 17.2 Å². The highest BCUT2D eigenvalue weighted by molar-refractivity contribution is 5.90. The summed E-state index contributed by atoms with van der Waals surface area (Å²) >= 11 is 0. The zero-order chi connectivity index (χ0) is 21.2. The number of hydrogen-bond donors (Lipinski definition) is 1. The van der Waals surface area contributed by atoms with Gasteiger partial charge in [0.1, 0.15) is 17.2 Å². The van der Waals surface area contributed by atoms with Crippen LogP contribution in [0.2, 0.25) is 0 Å². The number of amides is 2. The molecular formula is C22H28N2O5. The summed E-state index contributed by atoms with van der Waals surface area (Å²) < 4.78 is 17.7. The number of rotatable bonds is 5. The fourth-order valence-electron chi connectivity index (χ4n) is 3.64. The summed E-state index contributed by atoms with van der Waals surface area (Å²) in [6, 6.07) is 12.7. The van der Waals surface area contributed by atoms with Gasteiger partial charge in [-0.1, -0.05) is 19.9 Å². The van der Waals surface area contributed by atoms with Crippen LogP contribution in [0.1, 0.15) is 32.8 Å². The molecule has 1 heterocycles. The van der Waals surface area contributed by atoms with Gasteiger partial charge in [0.25, 0.3) is 0 Å². The molecule has 0 saturated carbocycles. The lowest BCUT2D eigenvalue weighted by Gasteiger charge is -2.43. The second-order valence-electron chi connectivity index (χ2n) is 7.92. The van der Waals surface area contributed by atoms with Crippen LogP contribution in [0.3, 0.4) is 0 Å². The predicted molar refractivity (Wildman–Crippen MR) is 111 cm³/mol. The van der Waals surface area contributed by atoms with Gasteiger partial charge in [0.2, 0.25) is 5.79 Å². The number of carbonyl (C=O) groups is 1. The molecule has 3 rings (SSSR count). The monoisotopic (exact) mass is 400 g/mol. The SMILES string of the molecule is CONC(=O)N(C)c1ccc(Oc2ccc3c(c2)OC(C)(OC)CC3(C)C)cc1. The van der Waals surface area contributed by atoms with Crippen molar-refractivity contribution in [2.45, 2.75) is 38.4 Å². The van der Waals surface area contributed by atoms with E-state index in [1.165, 1.54) is 12.0 Å². The van der Waals surface area contributed by atoms with Gasteiger partial charge in [0.15, 0.2) is 0 Å². The first-order valence-electron chi connectivity index (χ1n) is 9.41. The molecular weight excluding hydrogens is 372 g/mol. The number of fused-ring (bicyclic) bond motifs is 1. The van der Waals surface area contributed by atoms with E-state index < -0.39 is 5.79 Å². The number of hydrogen-bond acceptors (Lipinski definition) is 5. The van der Waals surface area contributed by atoms with Crippen LogP contribution in [0.15, 0.2) is 42.5 Å². The first-order chi connectivity index (χ1) is 13.7. The third-order valence-electron chi connectivity index (χ3n) is 5.16. The van der Waals surface area contributed by atoms with E-state index in [-0.39, 0.29) is 11.4 Å². The van der Waals surface area contributed by atoms with E-state index in [0.29, 0.717) is 17.2 Å². The van der Waals surface area contributed by atoms with Gasteiger partial charge in [0.05, 0.1) is 7.11 Å². The Kier molecular flexibility index (Phi) is 5.73. The molecule has 1 N–H and O–H groups in total. The van der Waals surface area contributed by atoms with Crippen LogP contribution in [0.4, 0.5) is 10.5 Å². The summed E-state index contributed by atoms with van der Waals surface area (Å²) in [6.07, 6.45) is 0.759. The molecule has 2 amide bonds. The molecule has 2 aromatic carbocycles. The highest BCUT2D eigenvalue weighted by Gasteiger charge is 2.42. The van der Waals surface area contributed by atoms with E-state index >= 15 is 0 Å². The molecule has 1 unspecified atom stereocenters. The van der Waals surface area contributed by atoms with Crippen molar-refractivity contribution >= 4 is 11.7 Å². The average Bonchev–Trinajstić information content (AvgIpc) is 2.67. The highest BCUT2D eigenvalue weighted by Crippen LogP contribution is 2.46. The Morgan fingerprint density at radius 2 is 1.72 bits per heavy atom. The molecule has 0 saturated heterocycles. The molecule has 2 aromatic rings. The first-order valence-corrected chi connectivity index (χ1v) is 9.41. The largest absolute Gasteiger partial charge is 0.462 e. The molecule has 0 spiro atoms. The van der Waals surface area contributed by atoms with Crippen molar-refractivity contribution in [1.82, 2.24) is 5.48 Å². The lowest BCUT2D eigenvalue weighted by atomic mass is 9.76. The van der Waals surface area contributed by atoms with Crippen LogP contribution in [-0.4, -0.2) is 33.1 Å². The zero-order valence-corrected chi connectivity index (χ0v) is 17.7. The fourth-order valence-corrected chi connectivity index (χ4v) is 3.64. The number of nitrogens with zero attached hydrogens (tertiary/aromatic N) is 1. The van der Waals surface area contributed by atoms with Gasteiger partial charge >= 0.3 is 6.03 Å². The summed E-state index contributed by atoms with van der Waals surface area (Å²) in [4.78, 5) is 17.9. The van der Waals surface area contributed by atoms with E-state index in [0.717, 1.165) is 17.7 Å². The van der Waals surface area contributed by atoms with Crippen molar-refractivity contribution in [3.63, 3.8) is 0 Å². The average molecular weight is 400 g/mol. The topological polar surface area (TPSA) is 69.3 Å². The summed E-state index contributed by atoms with van der Waals surface area (Å²) in [6.45, 7) is 6.31. The maximum atomic E-state index is 11.8. The normalized spacial score (nSPS) is 19.7. The molecule has 0 bridgehead atoms. The van der Waals surface area contributed by atoms with E-state index in [4.69, 9.17) is 14.2 Å². The lowest BCUT2D eigenvalue weighted by Crippen LogP contribution is -2.45. The minimum Gasteiger partial charge on any atom is -0.462 e. The maximum Gasteiger partial charge on any atom is 0.345 e. The van der Waals surface area contributed by atoms with Gasteiger partial charge in [-0.25, -0.2) is 10.3 Å². The van der Waals surface area contributed by atoms with Crippen LogP contribution in [0, 0.1) is 0 Å². The van der Waals surface area contributed by atoms with Gasteiger partial charge in [-0.3, -0.25) is 9.74 Å². The highest BCUT2D eigenvalue weighted by atomic mass is 16.7. The number of anilines is 1. The second-order valence-corrected chi connectivity index (χ2v) is 7.92. The Hall–Kier alpha value is -2.77. The molecule has 1 atom stereocenters. The van der Waals surface area contributed by atoms with E-state index in [1.54, 1.807) is 38.4 Å². The van der Waals surface area contributed by atoms with Gasteiger partial charge < -0.3 is 14.2 Å². The van der Waals surface area contributed by atoms with Crippen LogP contribution >= 0.6 is 0 Å². The minimum atomic E-state index is -0.676. The standard InChI is InChI=1S/C22H28N2O5/c1-21(2)14-22(3,26-5)29-19-13-17(11-12-18(19)21)28-16-9-7-15(8-10-16)24(4)20(25)23-27-6/h7-13H,14H2,1-6H3,(H,23,25). The summed E-state index contributed by atoms with van der Waals surface area (Å²) in [7, 11) is 4.70. The number of nitrogens with one attached hydrogen (secondary N) is 1. The van der Waals surface area contributed by atoms with Crippen LogP contribution in [-0.2, 0) is 15.0 Å². The Labute approximate surface area is 171 Å². The van der Waals surface area contributed by atoms with Crippen LogP contribution in [0.25, 0.3) is 0 Å². The van der Waals surface area contributed by atoms with E-state index in [1.807, 2.05) is 25.1 Å². The number of carbonyl (C=O) groups excluding carboxylic acids is 1. The third-order valence-corrected chi connectivity index (χ3v) is 5.16. The molecule has 29 heavy (non-hydrogen) atoms. The van der Waals surface area contributed by atoms with Crippen molar-refractivity contribution in [1.29, 1.82) is 0 Å². The van der Waals surface area contributed by atoms with Gasteiger partial charge in [-0.2, -0.15) is 0 Å². The lowest BCUT2D eigenvalue weighted by molar-refractivity contribution is -0.172. The molecule has 1 aliphatic rings. The Morgan fingerprint density at radius 1 is 1.07 bits per heavy atom. The summed E-state index contributed by atoms with van der Waals surface area (Å²) in [5.74, 6) is 1.40. The Balaban J connectivity index is 1.78. The first kappa shape index (κ1) is 21.0. The fraction of sp³-hybridized carbons (Fsp3) is 0.409. The molecule has 0 aromatic heterocycles. The quantitative estimate of drug-likeness (QED) is 0.743. The number of ether oxygens (including phenoxy) is 3. The van der Waals surface area contributed by atoms with Gasteiger partial charge in [-0.05, 0) is 35.7 Å². The van der Waals surface area contributed by atoms with Crippen molar-refractivity contribution < 1.29 is 23.8 Å². The summed E-state index contributed by atoms with van der Waals surface area (Å²) in [5, 5.41) is 0. The van der Waals surface area contributed by atoms with Crippen LogP contribution < -0.4 is 19.9 Å². The minimum absolute atomic E-state index is 0.0775. The zero-order valence-electron chi connectivity index (χ0n) is 17.7. The number of hydroxylamine groups is 1. The molecule has 156 valence electrons. The molecule has 0 radical (unpaired) electrons. The number of benzene rings is 2. The number of urea groups is 1. The molecule has 0 aliphatic carbocycles. The Bertz CT molecular complexity index is 881.